The van der Waals surface area contributed by atoms with Gasteiger partial charge in [0.25, 0.3) is 5.91 Å². The van der Waals surface area contributed by atoms with E-state index in [2.05, 4.69) is 20.0 Å². The van der Waals surface area contributed by atoms with Gasteiger partial charge in [0.05, 0.1) is 23.5 Å². The highest BCUT2D eigenvalue weighted by Crippen LogP contribution is 2.27. The molecule has 5 rings (SSSR count). The Morgan fingerprint density at radius 3 is 2.73 bits per heavy atom. The maximum Gasteiger partial charge on any atom is 0.289 e. The molecular weight excluding hydrogens is 404 g/mol. The fourth-order valence-corrected chi connectivity index (χ4v) is 3.91. The number of amides is 1. The minimum Gasteiger partial charge on any atom is -0.459 e. The van der Waals surface area contributed by atoms with Crippen molar-refractivity contribution < 1.29 is 9.21 Å². The number of benzene rings is 1. The lowest BCUT2D eigenvalue weighted by molar-refractivity contribution is 0.0714. The number of hydrogen-bond donors (Lipinski definition) is 0. The van der Waals surface area contributed by atoms with E-state index in [-0.39, 0.29) is 5.91 Å². The van der Waals surface area contributed by atoms with Crippen molar-refractivity contribution in [3.8, 4) is 5.69 Å². The minimum atomic E-state index is -0.0864. The number of anilines is 1. The molecule has 4 heterocycles. The van der Waals surface area contributed by atoms with E-state index in [0.717, 1.165) is 28.1 Å². The highest BCUT2D eigenvalue weighted by Gasteiger charge is 2.26. The average molecular weight is 423 g/mol. The maximum absolute atomic E-state index is 12.5. The van der Waals surface area contributed by atoms with Gasteiger partial charge in [-0.25, -0.2) is 14.6 Å². The topological polar surface area (TPSA) is 80.3 Å². The molecule has 0 spiro atoms. The SMILES string of the molecule is Cc1ccc(Cl)cc1-n1ncc2c(N3CCN(C(=O)c4ccco4)CC3)ncnc21. The predicted molar refractivity (Wildman–Crippen MR) is 113 cm³/mol. The molecule has 0 bridgehead atoms. The number of carbonyl (C=O) groups excluding carboxylic acids is 1. The number of rotatable bonds is 3. The number of nitrogens with zero attached hydrogens (tertiary/aromatic N) is 6. The van der Waals surface area contributed by atoms with Crippen molar-refractivity contribution in [2.45, 2.75) is 6.92 Å². The second kappa shape index (κ2) is 7.46. The molecule has 9 heteroatoms. The molecule has 30 heavy (non-hydrogen) atoms. The Labute approximate surface area is 177 Å². The summed E-state index contributed by atoms with van der Waals surface area (Å²) in [6, 6.07) is 9.11. The van der Waals surface area contributed by atoms with Crippen LogP contribution in [0, 0.1) is 6.92 Å². The lowest BCUT2D eigenvalue weighted by Crippen LogP contribution is -2.49. The van der Waals surface area contributed by atoms with Gasteiger partial charge in [0.1, 0.15) is 12.1 Å². The molecule has 152 valence electrons. The highest BCUT2D eigenvalue weighted by molar-refractivity contribution is 6.30. The summed E-state index contributed by atoms with van der Waals surface area (Å²) in [5.41, 5.74) is 2.66. The Morgan fingerprint density at radius 2 is 1.97 bits per heavy atom. The zero-order chi connectivity index (χ0) is 20.7. The summed E-state index contributed by atoms with van der Waals surface area (Å²) >= 11 is 6.19. The normalized spacial score (nSPS) is 14.5. The smallest absolute Gasteiger partial charge is 0.289 e. The third kappa shape index (κ3) is 3.19. The fraction of sp³-hybridized carbons (Fsp3) is 0.238. The second-order valence-corrected chi connectivity index (χ2v) is 7.61. The van der Waals surface area contributed by atoms with Crippen LogP contribution in [-0.2, 0) is 0 Å². The third-order valence-corrected chi connectivity index (χ3v) is 5.58. The summed E-state index contributed by atoms with van der Waals surface area (Å²) in [6.45, 7) is 4.52. The number of aryl methyl sites for hydroxylation is 1. The van der Waals surface area contributed by atoms with Crippen LogP contribution in [0.5, 0.6) is 0 Å². The van der Waals surface area contributed by atoms with E-state index in [9.17, 15) is 4.79 Å². The van der Waals surface area contributed by atoms with E-state index in [1.165, 1.54) is 6.26 Å². The van der Waals surface area contributed by atoms with Gasteiger partial charge in [0.2, 0.25) is 0 Å². The van der Waals surface area contributed by atoms with Gasteiger partial charge in [0, 0.05) is 31.2 Å². The van der Waals surface area contributed by atoms with Crippen molar-refractivity contribution in [1.82, 2.24) is 24.6 Å². The number of fused-ring (bicyclic) bond motifs is 1. The van der Waals surface area contributed by atoms with Crippen LogP contribution in [0.25, 0.3) is 16.7 Å². The molecule has 0 N–H and O–H groups in total. The first-order chi connectivity index (χ1) is 14.6. The first-order valence-electron chi connectivity index (χ1n) is 9.65. The molecule has 0 atom stereocenters. The molecule has 1 fully saturated rings. The van der Waals surface area contributed by atoms with E-state index in [4.69, 9.17) is 16.0 Å². The van der Waals surface area contributed by atoms with Gasteiger partial charge in [-0.2, -0.15) is 5.10 Å². The molecule has 1 aliphatic rings. The molecule has 0 aliphatic carbocycles. The van der Waals surface area contributed by atoms with Gasteiger partial charge in [0.15, 0.2) is 11.4 Å². The van der Waals surface area contributed by atoms with Gasteiger partial charge in [-0.3, -0.25) is 4.79 Å². The Kier molecular flexibility index (Phi) is 4.63. The molecule has 8 nitrogen and oxygen atoms in total. The summed E-state index contributed by atoms with van der Waals surface area (Å²) in [4.78, 5) is 25.4. The van der Waals surface area contributed by atoms with Crippen LogP contribution in [0.3, 0.4) is 0 Å². The quantitative estimate of drug-likeness (QED) is 0.503. The van der Waals surface area contributed by atoms with Crippen molar-refractivity contribution in [1.29, 1.82) is 0 Å². The summed E-state index contributed by atoms with van der Waals surface area (Å²) in [5.74, 6) is 1.10. The molecule has 1 amide bonds. The first kappa shape index (κ1) is 18.6. The molecular formula is C21H19ClN6O2. The standard InChI is InChI=1S/C21H19ClN6O2/c1-14-4-5-15(22)11-17(14)28-20-16(12-25-28)19(23-13-24-20)26-6-8-27(9-7-26)21(29)18-3-2-10-30-18/h2-5,10-13H,6-9H2,1H3. The van der Waals surface area contributed by atoms with Crippen LogP contribution in [0.1, 0.15) is 16.1 Å². The minimum absolute atomic E-state index is 0.0864. The molecule has 0 saturated carbocycles. The van der Waals surface area contributed by atoms with Crippen molar-refractivity contribution in [2.24, 2.45) is 0 Å². The molecule has 4 aromatic rings. The zero-order valence-corrected chi connectivity index (χ0v) is 17.1. The predicted octanol–water partition coefficient (Wildman–Crippen LogP) is 3.33. The Morgan fingerprint density at radius 1 is 1.13 bits per heavy atom. The van der Waals surface area contributed by atoms with Gasteiger partial charge < -0.3 is 14.2 Å². The van der Waals surface area contributed by atoms with Crippen molar-refractivity contribution >= 4 is 34.4 Å². The van der Waals surface area contributed by atoms with Crippen LogP contribution in [-0.4, -0.2) is 56.7 Å². The number of aromatic nitrogens is 4. The maximum atomic E-state index is 12.5. The van der Waals surface area contributed by atoms with E-state index >= 15 is 0 Å². The van der Waals surface area contributed by atoms with Gasteiger partial charge in [-0.1, -0.05) is 17.7 Å². The number of halogens is 1. The Bertz CT molecular complexity index is 1210. The van der Waals surface area contributed by atoms with Crippen LogP contribution in [0.15, 0.2) is 53.5 Å². The van der Waals surface area contributed by atoms with Crippen LogP contribution < -0.4 is 4.90 Å². The number of carbonyl (C=O) groups is 1. The average Bonchev–Trinajstić information content (AvgIpc) is 3.45. The zero-order valence-electron chi connectivity index (χ0n) is 16.3. The van der Waals surface area contributed by atoms with Crippen LogP contribution in [0.2, 0.25) is 5.02 Å². The third-order valence-electron chi connectivity index (χ3n) is 5.34. The molecule has 3 aromatic heterocycles. The summed E-state index contributed by atoms with van der Waals surface area (Å²) in [6.07, 6.45) is 4.85. The van der Waals surface area contributed by atoms with Crippen LogP contribution in [0.4, 0.5) is 5.82 Å². The Hall–Kier alpha value is -3.39. The number of hydrogen-bond acceptors (Lipinski definition) is 6. The fourth-order valence-electron chi connectivity index (χ4n) is 3.75. The van der Waals surface area contributed by atoms with E-state index in [0.29, 0.717) is 37.0 Å². The number of piperazine rings is 1. The largest absolute Gasteiger partial charge is 0.459 e. The van der Waals surface area contributed by atoms with E-state index < -0.39 is 0 Å². The van der Waals surface area contributed by atoms with Gasteiger partial charge in [-0.15, -0.1) is 0 Å². The lowest BCUT2D eigenvalue weighted by Gasteiger charge is -2.35. The van der Waals surface area contributed by atoms with Gasteiger partial charge in [-0.05, 0) is 36.8 Å². The van der Waals surface area contributed by atoms with Crippen molar-refractivity contribution in [3.05, 3.63) is 65.5 Å². The summed E-state index contributed by atoms with van der Waals surface area (Å²) in [5, 5.41) is 6.06. The molecule has 1 aromatic carbocycles. The first-order valence-corrected chi connectivity index (χ1v) is 10.0. The van der Waals surface area contributed by atoms with Gasteiger partial charge >= 0.3 is 0 Å². The Balaban J connectivity index is 1.42. The summed E-state index contributed by atoms with van der Waals surface area (Å²) in [7, 11) is 0. The monoisotopic (exact) mass is 422 g/mol. The molecule has 1 saturated heterocycles. The summed E-state index contributed by atoms with van der Waals surface area (Å²) < 4.78 is 7.02. The molecule has 1 aliphatic heterocycles. The molecule has 0 radical (unpaired) electrons. The van der Waals surface area contributed by atoms with Crippen molar-refractivity contribution in [2.75, 3.05) is 31.1 Å². The molecule has 0 unspecified atom stereocenters. The van der Waals surface area contributed by atoms with E-state index in [1.807, 2.05) is 25.1 Å². The second-order valence-electron chi connectivity index (χ2n) is 7.18. The lowest BCUT2D eigenvalue weighted by atomic mass is 10.2. The van der Waals surface area contributed by atoms with Crippen LogP contribution >= 0.6 is 11.6 Å². The number of furan rings is 1. The van der Waals surface area contributed by atoms with Crippen molar-refractivity contribution in [3.63, 3.8) is 0 Å². The highest BCUT2D eigenvalue weighted by atomic mass is 35.5. The van der Waals surface area contributed by atoms with E-state index in [1.54, 1.807) is 34.2 Å².